The molecule has 2 bridgehead atoms. The highest BCUT2D eigenvalue weighted by Crippen LogP contribution is 2.50. The van der Waals surface area contributed by atoms with E-state index in [1.807, 2.05) is 30.3 Å². The van der Waals surface area contributed by atoms with Gasteiger partial charge < -0.3 is 14.8 Å². The Morgan fingerprint density at radius 1 is 1.04 bits per heavy atom. The normalized spacial score (nSPS) is 30.9. The SMILES string of the molecule is CCOC(=O)C1C2C=CC(C2)C1C(=O)OC1(c2ccccc2)CCNCC1. The largest absolute Gasteiger partial charge is 0.466 e. The monoisotopic (exact) mass is 369 g/mol. The van der Waals surface area contributed by atoms with Gasteiger partial charge in [0.05, 0.1) is 18.4 Å². The van der Waals surface area contributed by atoms with E-state index in [4.69, 9.17) is 9.47 Å². The molecule has 2 aliphatic carbocycles. The molecule has 0 aromatic heterocycles. The van der Waals surface area contributed by atoms with Crippen LogP contribution >= 0.6 is 0 Å². The molecule has 0 amide bonds. The second kappa shape index (κ2) is 7.47. The van der Waals surface area contributed by atoms with Crippen molar-refractivity contribution >= 4 is 11.9 Å². The minimum atomic E-state index is -0.617. The van der Waals surface area contributed by atoms with E-state index < -0.39 is 17.4 Å². The Kier molecular flexibility index (Phi) is 5.04. The van der Waals surface area contributed by atoms with Gasteiger partial charge in [-0.2, -0.15) is 0 Å². The van der Waals surface area contributed by atoms with Crippen LogP contribution in [-0.4, -0.2) is 31.6 Å². The zero-order valence-electron chi connectivity index (χ0n) is 15.7. The van der Waals surface area contributed by atoms with Crippen LogP contribution in [0.25, 0.3) is 0 Å². The number of piperidine rings is 1. The van der Waals surface area contributed by atoms with Crippen LogP contribution in [0.3, 0.4) is 0 Å². The Labute approximate surface area is 160 Å². The average Bonchev–Trinajstić information content (AvgIpc) is 3.31. The fourth-order valence-electron chi connectivity index (χ4n) is 4.99. The van der Waals surface area contributed by atoms with Crippen molar-refractivity contribution in [2.75, 3.05) is 19.7 Å². The van der Waals surface area contributed by atoms with E-state index in [9.17, 15) is 9.59 Å². The van der Waals surface area contributed by atoms with Crippen LogP contribution in [-0.2, 0) is 24.7 Å². The molecule has 4 rings (SSSR count). The number of carbonyl (C=O) groups excluding carboxylic acids is 2. The first-order valence-electron chi connectivity index (χ1n) is 9.99. The minimum Gasteiger partial charge on any atom is -0.466 e. The molecule has 1 aliphatic heterocycles. The highest BCUT2D eigenvalue weighted by Gasteiger charge is 2.54. The van der Waals surface area contributed by atoms with E-state index >= 15 is 0 Å². The second-order valence-electron chi connectivity index (χ2n) is 7.78. The van der Waals surface area contributed by atoms with Gasteiger partial charge in [0, 0.05) is 12.8 Å². The van der Waals surface area contributed by atoms with E-state index in [2.05, 4.69) is 17.5 Å². The number of benzene rings is 1. The molecule has 5 heteroatoms. The third-order valence-electron chi connectivity index (χ3n) is 6.30. The number of rotatable bonds is 5. The molecule has 0 spiro atoms. The van der Waals surface area contributed by atoms with Gasteiger partial charge in [0.15, 0.2) is 0 Å². The van der Waals surface area contributed by atoms with E-state index in [0.29, 0.717) is 6.61 Å². The third-order valence-corrected chi connectivity index (χ3v) is 6.30. The first-order chi connectivity index (χ1) is 13.1. The molecule has 144 valence electrons. The highest BCUT2D eigenvalue weighted by molar-refractivity contribution is 5.84. The van der Waals surface area contributed by atoms with Crippen molar-refractivity contribution in [3.8, 4) is 0 Å². The Balaban J connectivity index is 1.59. The van der Waals surface area contributed by atoms with Gasteiger partial charge in [0.25, 0.3) is 0 Å². The van der Waals surface area contributed by atoms with Crippen LogP contribution in [0, 0.1) is 23.7 Å². The Morgan fingerprint density at radius 3 is 2.30 bits per heavy atom. The summed E-state index contributed by atoms with van der Waals surface area (Å²) in [5.41, 5.74) is 0.417. The number of nitrogens with one attached hydrogen (secondary N) is 1. The van der Waals surface area contributed by atoms with Crippen molar-refractivity contribution in [2.45, 2.75) is 31.8 Å². The summed E-state index contributed by atoms with van der Waals surface area (Å²) < 4.78 is 11.5. The maximum absolute atomic E-state index is 13.3. The zero-order valence-corrected chi connectivity index (χ0v) is 15.7. The van der Waals surface area contributed by atoms with Crippen LogP contribution < -0.4 is 5.32 Å². The highest BCUT2D eigenvalue weighted by atomic mass is 16.6. The molecule has 5 nitrogen and oxygen atoms in total. The quantitative estimate of drug-likeness (QED) is 0.639. The number of ether oxygens (including phenoxy) is 2. The van der Waals surface area contributed by atoms with Crippen molar-refractivity contribution in [1.29, 1.82) is 0 Å². The summed E-state index contributed by atoms with van der Waals surface area (Å²) in [6.45, 7) is 3.74. The summed E-state index contributed by atoms with van der Waals surface area (Å²) in [4.78, 5) is 25.8. The smallest absolute Gasteiger partial charge is 0.311 e. The van der Waals surface area contributed by atoms with Gasteiger partial charge in [-0.25, -0.2) is 0 Å². The van der Waals surface area contributed by atoms with E-state index in [1.165, 1.54) is 0 Å². The summed E-state index contributed by atoms with van der Waals surface area (Å²) in [6.07, 6.45) is 6.45. The fraction of sp³-hybridized carbons (Fsp3) is 0.545. The summed E-state index contributed by atoms with van der Waals surface area (Å²) >= 11 is 0. The van der Waals surface area contributed by atoms with Gasteiger partial charge in [0.2, 0.25) is 0 Å². The molecule has 27 heavy (non-hydrogen) atoms. The molecule has 0 radical (unpaired) electrons. The minimum absolute atomic E-state index is 0.0754. The van der Waals surface area contributed by atoms with E-state index in [1.54, 1.807) is 6.92 Å². The van der Waals surface area contributed by atoms with Crippen LogP contribution in [0.15, 0.2) is 42.5 Å². The fourth-order valence-corrected chi connectivity index (χ4v) is 4.99. The second-order valence-corrected chi connectivity index (χ2v) is 7.78. The topological polar surface area (TPSA) is 64.6 Å². The molecular formula is C22H27NO4. The van der Waals surface area contributed by atoms with Crippen molar-refractivity contribution in [2.24, 2.45) is 23.7 Å². The Bertz CT molecular complexity index is 723. The van der Waals surface area contributed by atoms with Gasteiger partial charge in [-0.3, -0.25) is 9.59 Å². The number of fused-ring (bicyclic) bond motifs is 2. The predicted molar refractivity (Wildman–Crippen MR) is 101 cm³/mol. The molecule has 2 fully saturated rings. The molecule has 1 saturated heterocycles. The van der Waals surface area contributed by atoms with Crippen LogP contribution in [0.5, 0.6) is 0 Å². The van der Waals surface area contributed by atoms with E-state index in [0.717, 1.165) is 37.9 Å². The molecule has 1 saturated carbocycles. The number of hydrogen-bond donors (Lipinski definition) is 1. The molecule has 4 atom stereocenters. The van der Waals surface area contributed by atoms with Gasteiger partial charge in [-0.05, 0) is 43.8 Å². The van der Waals surface area contributed by atoms with Gasteiger partial charge in [-0.15, -0.1) is 0 Å². The Hall–Kier alpha value is -2.14. The lowest BCUT2D eigenvalue weighted by Crippen LogP contribution is -2.46. The zero-order chi connectivity index (χ0) is 18.9. The maximum atomic E-state index is 13.3. The lowest BCUT2D eigenvalue weighted by Gasteiger charge is -2.39. The summed E-state index contributed by atoms with van der Waals surface area (Å²) in [5, 5.41) is 3.35. The van der Waals surface area contributed by atoms with Crippen molar-refractivity contribution in [3.63, 3.8) is 0 Å². The van der Waals surface area contributed by atoms with Crippen molar-refractivity contribution in [3.05, 3.63) is 48.0 Å². The summed E-state index contributed by atoms with van der Waals surface area (Å²) in [6, 6.07) is 9.99. The van der Waals surface area contributed by atoms with Crippen LogP contribution in [0.4, 0.5) is 0 Å². The summed E-state index contributed by atoms with van der Waals surface area (Å²) in [7, 11) is 0. The average molecular weight is 369 g/mol. The number of esters is 2. The lowest BCUT2D eigenvalue weighted by atomic mass is 9.81. The molecule has 3 aliphatic rings. The standard InChI is InChI=1S/C22H27NO4/c1-2-26-20(24)18-15-8-9-16(14-15)19(18)21(25)27-22(10-12-23-13-11-22)17-6-4-3-5-7-17/h3-9,15-16,18-19,23H,2,10-14H2,1H3. The molecule has 1 aromatic carbocycles. The Morgan fingerprint density at radius 2 is 1.67 bits per heavy atom. The first-order valence-corrected chi connectivity index (χ1v) is 9.99. The van der Waals surface area contributed by atoms with Crippen molar-refractivity contribution < 1.29 is 19.1 Å². The summed E-state index contributed by atoms with van der Waals surface area (Å²) in [5.74, 6) is -1.21. The van der Waals surface area contributed by atoms with Gasteiger partial charge >= 0.3 is 11.9 Å². The van der Waals surface area contributed by atoms with Crippen LogP contribution in [0.2, 0.25) is 0 Å². The molecule has 1 heterocycles. The van der Waals surface area contributed by atoms with E-state index in [-0.39, 0.29) is 23.8 Å². The number of allylic oxidation sites excluding steroid dienone is 2. The molecular weight excluding hydrogens is 342 g/mol. The molecule has 1 aromatic rings. The predicted octanol–water partition coefficient (Wildman–Crippen LogP) is 2.81. The third kappa shape index (κ3) is 3.29. The number of hydrogen-bond acceptors (Lipinski definition) is 5. The van der Waals surface area contributed by atoms with Gasteiger partial charge in [-0.1, -0.05) is 42.5 Å². The molecule has 4 unspecified atom stereocenters. The molecule has 1 N–H and O–H groups in total. The van der Waals surface area contributed by atoms with Gasteiger partial charge in [0.1, 0.15) is 5.60 Å². The first kappa shape index (κ1) is 18.2. The van der Waals surface area contributed by atoms with Crippen LogP contribution in [0.1, 0.15) is 31.7 Å². The maximum Gasteiger partial charge on any atom is 0.311 e. The number of carbonyl (C=O) groups is 2. The van der Waals surface area contributed by atoms with Crippen molar-refractivity contribution in [1.82, 2.24) is 5.32 Å². The lowest BCUT2D eigenvalue weighted by molar-refractivity contribution is -0.176.